The van der Waals surface area contributed by atoms with Gasteiger partial charge in [-0.05, 0) is 0 Å². The van der Waals surface area contributed by atoms with Gasteiger partial charge in [0.25, 0.3) is 0 Å². The third-order valence-corrected chi connectivity index (χ3v) is 0.802. The number of ether oxygens (including phenoxy) is 1. The van der Waals surface area contributed by atoms with E-state index in [9.17, 15) is 4.79 Å². The third kappa shape index (κ3) is 1.16. The van der Waals surface area contributed by atoms with Crippen LogP contribution in [0.5, 0.6) is 0 Å². The van der Waals surface area contributed by atoms with Gasteiger partial charge in [0.1, 0.15) is 6.61 Å². The van der Waals surface area contributed by atoms with Crippen molar-refractivity contribution >= 4 is 5.91 Å². The van der Waals surface area contributed by atoms with E-state index in [0.717, 1.165) is 0 Å². The van der Waals surface area contributed by atoms with Gasteiger partial charge in [-0.3, -0.25) is 4.79 Å². The summed E-state index contributed by atoms with van der Waals surface area (Å²) < 4.78 is 4.77. The Morgan fingerprint density at radius 1 is 1.86 bits per heavy atom. The van der Waals surface area contributed by atoms with E-state index in [4.69, 9.17) is 4.74 Å². The fourth-order valence-electron chi connectivity index (χ4n) is 0.479. The maximum absolute atomic E-state index is 10.2. The molecule has 1 amide bonds. The van der Waals surface area contributed by atoms with Crippen LogP contribution in [-0.4, -0.2) is 25.7 Å². The molecule has 7 heavy (non-hydrogen) atoms. The van der Waals surface area contributed by atoms with Crippen molar-refractivity contribution in [1.29, 1.82) is 0 Å². The summed E-state index contributed by atoms with van der Waals surface area (Å²) in [5.74, 6) is -0.00810. The molecule has 0 aliphatic carbocycles. The predicted molar refractivity (Wildman–Crippen MR) is 25.9 cm³/mol. The number of morpholine rings is 1. The summed E-state index contributed by atoms with van der Waals surface area (Å²) in [5.41, 5.74) is 0. The first-order valence-corrected chi connectivity index (χ1v) is 2.24. The molecule has 0 atom stereocenters. The molecule has 3 heteroatoms. The zero-order valence-electron chi connectivity index (χ0n) is 3.94. The lowest BCUT2D eigenvalue weighted by molar-refractivity contribution is -0.128. The highest BCUT2D eigenvalue weighted by molar-refractivity contribution is 5.77. The molecule has 1 rings (SSSR count). The first kappa shape index (κ1) is 4.59. The lowest BCUT2D eigenvalue weighted by Gasteiger charge is -2.10. The Bertz CT molecular complexity index is 78.1. The minimum atomic E-state index is -0.00810. The van der Waals surface area contributed by atoms with Crippen LogP contribution in [0.4, 0.5) is 0 Å². The summed E-state index contributed by atoms with van der Waals surface area (Å²) in [6, 6.07) is 0. The Morgan fingerprint density at radius 3 is 3.00 bits per heavy atom. The van der Waals surface area contributed by atoms with Gasteiger partial charge in [-0.15, -0.1) is 0 Å². The van der Waals surface area contributed by atoms with Gasteiger partial charge in [-0.25, -0.2) is 0 Å². The molecule has 1 N–H and O–H groups in total. The fourth-order valence-corrected chi connectivity index (χ4v) is 0.479. The minimum Gasteiger partial charge on any atom is -0.370 e. The van der Waals surface area contributed by atoms with Gasteiger partial charge in [0.2, 0.25) is 5.91 Å². The van der Waals surface area contributed by atoms with Crippen LogP contribution in [0.2, 0.25) is 0 Å². The highest BCUT2D eigenvalue weighted by Crippen LogP contribution is 1.79. The van der Waals surface area contributed by atoms with Crippen molar-refractivity contribution in [2.24, 2.45) is 0 Å². The van der Waals surface area contributed by atoms with Crippen LogP contribution < -0.4 is 5.32 Å². The molecule has 1 aliphatic rings. The van der Waals surface area contributed by atoms with E-state index < -0.39 is 0 Å². The van der Waals surface area contributed by atoms with Gasteiger partial charge in [0, 0.05) is 7.97 Å². The van der Waals surface area contributed by atoms with Gasteiger partial charge in [0.05, 0.1) is 6.61 Å². The second-order valence-corrected chi connectivity index (χ2v) is 1.40. The molecule has 0 aromatic heterocycles. The number of amides is 1. The van der Waals surface area contributed by atoms with E-state index >= 15 is 0 Å². The molecule has 0 saturated carbocycles. The molecule has 0 aromatic rings. The summed E-state index contributed by atoms with van der Waals surface area (Å²) in [6.07, 6.45) is 0. The SMILES string of the molecule is O=C1COCCN1.[HH]. The minimum absolute atomic E-state index is 0. The van der Waals surface area contributed by atoms with Crippen molar-refractivity contribution in [1.82, 2.24) is 5.32 Å². The third-order valence-electron chi connectivity index (χ3n) is 0.802. The Labute approximate surface area is 43.1 Å². The second kappa shape index (κ2) is 1.93. The van der Waals surface area contributed by atoms with Crippen LogP contribution in [0.1, 0.15) is 1.43 Å². The second-order valence-electron chi connectivity index (χ2n) is 1.40. The van der Waals surface area contributed by atoms with Crippen LogP contribution in [0, 0.1) is 0 Å². The predicted octanol–water partition coefficient (Wildman–Crippen LogP) is -0.621. The molecule has 0 radical (unpaired) electrons. The average Bonchev–Trinajstić information content (AvgIpc) is 1.69. The summed E-state index contributed by atoms with van der Waals surface area (Å²) in [4.78, 5) is 10.2. The van der Waals surface area contributed by atoms with Gasteiger partial charge >= 0.3 is 0 Å². The van der Waals surface area contributed by atoms with Crippen LogP contribution in [0.25, 0.3) is 0 Å². The Hall–Kier alpha value is -0.570. The number of carbonyl (C=O) groups excluding carboxylic acids is 1. The molecule has 1 fully saturated rings. The molecule has 0 aromatic carbocycles. The van der Waals surface area contributed by atoms with Crippen LogP contribution >= 0.6 is 0 Å². The average molecular weight is 103 g/mol. The van der Waals surface area contributed by atoms with E-state index in [1.165, 1.54) is 0 Å². The summed E-state index contributed by atoms with van der Waals surface area (Å²) in [5, 5.41) is 2.62. The van der Waals surface area contributed by atoms with E-state index in [0.29, 0.717) is 13.2 Å². The molecule has 1 aliphatic heterocycles. The fraction of sp³-hybridized carbons (Fsp3) is 0.750. The van der Waals surface area contributed by atoms with Gasteiger partial charge in [-0.2, -0.15) is 0 Å². The van der Waals surface area contributed by atoms with Crippen molar-refractivity contribution in [3.8, 4) is 0 Å². The Morgan fingerprint density at radius 2 is 2.71 bits per heavy atom. The topological polar surface area (TPSA) is 38.3 Å². The van der Waals surface area contributed by atoms with Crippen LogP contribution in [0.3, 0.4) is 0 Å². The molecule has 0 unspecified atom stereocenters. The molecule has 0 spiro atoms. The van der Waals surface area contributed by atoms with E-state index in [1.807, 2.05) is 0 Å². The van der Waals surface area contributed by atoms with Gasteiger partial charge < -0.3 is 10.1 Å². The van der Waals surface area contributed by atoms with Crippen molar-refractivity contribution in [3.63, 3.8) is 0 Å². The summed E-state index contributed by atoms with van der Waals surface area (Å²) in [7, 11) is 0. The molecule has 1 heterocycles. The number of rotatable bonds is 0. The number of hydrogen-bond acceptors (Lipinski definition) is 2. The highest BCUT2D eigenvalue weighted by Gasteiger charge is 2.04. The molecular weight excluding hydrogens is 94.0 g/mol. The first-order chi connectivity index (χ1) is 3.39. The Kier molecular flexibility index (Phi) is 1.26. The highest BCUT2D eigenvalue weighted by atomic mass is 16.5. The van der Waals surface area contributed by atoms with Crippen LogP contribution in [-0.2, 0) is 9.53 Å². The molecule has 1 saturated heterocycles. The maximum atomic E-state index is 10.2. The van der Waals surface area contributed by atoms with E-state index in [1.54, 1.807) is 0 Å². The first-order valence-electron chi connectivity index (χ1n) is 2.24. The van der Waals surface area contributed by atoms with E-state index in [-0.39, 0.29) is 13.9 Å². The largest absolute Gasteiger partial charge is 0.370 e. The van der Waals surface area contributed by atoms with Gasteiger partial charge in [0.15, 0.2) is 0 Å². The number of carbonyl (C=O) groups is 1. The Balaban J connectivity index is 0.000000490. The standard InChI is InChI=1S/C4H7NO2.H2/c6-4-3-7-2-1-5-4;/h1-3H2,(H,5,6);1H. The zero-order chi connectivity index (χ0) is 5.11. The smallest absolute Gasteiger partial charge is 0.246 e. The van der Waals surface area contributed by atoms with Crippen molar-refractivity contribution in [2.45, 2.75) is 0 Å². The number of hydrogen-bond donors (Lipinski definition) is 1. The zero-order valence-corrected chi connectivity index (χ0v) is 3.94. The lowest BCUT2D eigenvalue weighted by atomic mass is 10.5. The normalized spacial score (nSPS) is 21.4. The quantitative estimate of drug-likeness (QED) is 0.443. The monoisotopic (exact) mass is 103 g/mol. The van der Waals surface area contributed by atoms with Crippen molar-refractivity contribution in [2.75, 3.05) is 19.8 Å². The van der Waals surface area contributed by atoms with Gasteiger partial charge in [-0.1, -0.05) is 0 Å². The van der Waals surface area contributed by atoms with Crippen molar-refractivity contribution in [3.05, 3.63) is 0 Å². The summed E-state index contributed by atoms with van der Waals surface area (Å²) >= 11 is 0. The van der Waals surface area contributed by atoms with E-state index in [2.05, 4.69) is 5.32 Å². The molecular formula is C4H9NO2. The lowest BCUT2D eigenvalue weighted by Crippen LogP contribution is -2.36. The number of nitrogens with one attached hydrogen (secondary N) is 1. The van der Waals surface area contributed by atoms with Crippen molar-refractivity contribution < 1.29 is 11.0 Å². The molecule has 3 nitrogen and oxygen atoms in total. The molecule has 0 bridgehead atoms. The maximum Gasteiger partial charge on any atom is 0.246 e. The van der Waals surface area contributed by atoms with Crippen LogP contribution in [0.15, 0.2) is 0 Å². The molecule has 42 valence electrons. The summed E-state index contributed by atoms with van der Waals surface area (Å²) in [6.45, 7) is 1.56.